The number of terminal acetylenes is 1. The molecule has 0 spiro atoms. The molecule has 0 saturated heterocycles. The molecular weight excluding hydrogens is 219 g/mol. The molecule has 0 aromatic carbocycles. The molecule has 0 amide bonds. The van der Waals surface area contributed by atoms with Gasteiger partial charge in [0.2, 0.25) is 5.88 Å². The van der Waals surface area contributed by atoms with Gasteiger partial charge in [-0.3, -0.25) is 0 Å². The maximum atomic E-state index is 14.2. The van der Waals surface area contributed by atoms with Crippen LogP contribution in [0.2, 0.25) is 0 Å². The molecule has 0 radical (unpaired) electrons. The Bertz CT molecular complexity index is 366. The number of methoxy groups -OCH3 is 1. The van der Waals surface area contributed by atoms with Crippen molar-refractivity contribution in [2.45, 2.75) is 27.2 Å². The molecule has 0 fully saturated rings. The Labute approximate surface area is 103 Å². The average Bonchev–Trinajstić information content (AvgIpc) is 2.33. The fraction of sp³-hybridized carbons (Fsp3) is 0.615. The van der Waals surface area contributed by atoms with E-state index < -0.39 is 11.2 Å². The number of hydrogen-bond donors (Lipinski definition) is 0. The summed E-state index contributed by atoms with van der Waals surface area (Å²) in [5.74, 6) is 2.53. The van der Waals surface area contributed by atoms with E-state index in [4.69, 9.17) is 11.2 Å². The van der Waals surface area contributed by atoms with Gasteiger partial charge in [-0.2, -0.15) is 4.99 Å². The maximum absolute atomic E-state index is 14.2. The smallest absolute Gasteiger partial charge is 0.249 e. The van der Waals surface area contributed by atoms with Crippen LogP contribution in [0.15, 0.2) is 16.7 Å². The topological polar surface area (TPSA) is 24.8 Å². The third-order valence-electron chi connectivity index (χ3n) is 2.80. The van der Waals surface area contributed by atoms with Gasteiger partial charge in [-0.1, -0.05) is 12.8 Å². The highest BCUT2D eigenvalue weighted by Crippen LogP contribution is 2.33. The van der Waals surface area contributed by atoms with Gasteiger partial charge >= 0.3 is 0 Å². The van der Waals surface area contributed by atoms with E-state index in [-0.39, 0.29) is 5.88 Å². The van der Waals surface area contributed by atoms with Gasteiger partial charge in [0.15, 0.2) is 5.83 Å². The summed E-state index contributed by atoms with van der Waals surface area (Å²) >= 11 is 0. The van der Waals surface area contributed by atoms with E-state index >= 15 is 0 Å². The van der Waals surface area contributed by atoms with Gasteiger partial charge in [0.05, 0.1) is 12.5 Å². The molecule has 3 nitrogen and oxygen atoms in total. The van der Waals surface area contributed by atoms with Crippen molar-refractivity contribution in [1.82, 2.24) is 4.90 Å². The minimum atomic E-state index is -0.971. The average molecular weight is 240 g/mol. The van der Waals surface area contributed by atoms with Gasteiger partial charge in [0, 0.05) is 14.1 Å². The molecule has 4 heteroatoms. The number of hydrogen-bond acceptors (Lipinski definition) is 2. The van der Waals surface area contributed by atoms with Crippen LogP contribution in [0.4, 0.5) is 4.39 Å². The van der Waals surface area contributed by atoms with Gasteiger partial charge in [-0.05, 0) is 20.3 Å². The van der Waals surface area contributed by atoms with Gasteiger partial charge in [0.1, 0.15) is 5.84 Å². The molecule has 96 valence electrons. The summed E-state index contributed by atoms with van der Waals surface area (Å²) in [6.45, 7) is 5.25. The molecule has 0 bridgehead atoms. The molecule has 1 atom stereocenters. The van der Waals surface area contributed by atoms with E-state index in [1.807, 2.05) is 21.0 Å². The molecule has 0 aliphatic heterocycles. The third kappa shape index (κ3) is 3.77. The number of allylic oxidation sites excluding steroid dienone is 1. The van der Waals surface area contributed by atoms with Crippen LogP contribution in [-0.4, -0.2) is 31.9 Å². The van der Waals surface area contributed by atoms with E-state index in [0.717, 1.165) is 0 Å². The molecule has 0 aliphatic rings. The predicted octanol–water partition coefficient (Wildman–Crippen LogP) is 2.80. The van der Waals surface area contributed by atoms with Crippen molar-refractivity contribution in [3.05, 3.63) is 11.7 Å². The molecule has 0 aromatic heterocycles. The van der Waals surface area contributed by atoms with Crippen molar-refractivity contribution in [1.29, 1.82) is 0 Å². The lowest BCUT2D eigenvalue weighted by Gasteiger charge is -2.21. The summed E-state index contributed by atoms with van der Waals surface area (Å²) in [5, 5.41) is 0. The second kappa shape index (κ2) is 6.29. The summed E-state index contributed by atoms with van der Waals surface area (Å²) in [6, 6.07) is 0. The Morgan fingerprint density at radius 2 is 2.06 bits per heavy atom. The largest absolute Gasteiger partial charge is 0.479 e. The Kier molecular flexibility index (Phi) is 5.73. The van der Waals surface area contributed by atoms with Crippen LogP contribution < -0.4 is 0 Å². The molecular formula is C13H21FN2O. The quantitative estimate of drug-likeness (QED) is 0.327. The summed E-state index contributed by atoms with van der Waals surface area (Å²) in [6.07, 6.45) is 5.85. The van der Waals surface area contributed by atoms with Crippen LogP contribution >= 0.6 is 0 Å². The number of nitrogens with zero attached hydrogens (tertiary/aromatic N) is 2. The van der Waals surface area contributed by atoms with Gasteiger partial charge in [0.25, 0.3) is 0 Å². The molecule has 17 heavy (non-hydrogen) atoms. The minimum absolute atomic E-state index is 0.0569. The second-order valence-electron chi connectivity index (χ2n) is 4.21. The Hall–Kier alpha value is -1.50. The van der Waals surface area contributed by atoms with Crippen molar-refractivity contribution in [2.24, 2.45) is 10.4 Å². The maximum Gasteiger partial charge on any atom is 0.249 e. The van der Waals surface area contributed by atoms with Crippen LogP contribution in [0.25, 0.3) is 0 Å². The summed E-state index contributed by atoms with van der Waals surface area (Å²) in [5.41, 5.74) is -0.971. The summed E-state index contributed by atoms with van der Waals surface area (Å²) in [4.78, 5) is 5.86. The first-order chi connectivity index (χ1) is 7.82. The zero-order valence-electron chi connectivity index (χ0n) is 11.5. The zero-order valence-corrected chi connectivity index (χ0v) is 11.5. The lowest BCUT2D eigenvalue weighted by molar-refractivity contribution is 0.247. The van der Waals surface area contributed by atoms with Gasteiger partial charge < -0.3 is 9.64 Å². The highest BCUT2D eigenvalue weighted by molar-refractivity contribution is 5.80. The monoisotopic (exact) mass is 240 g/mol. The predicted molar refractivity (Wildman–Crippen MR) is 69.2 cm³/mol. The van der Waals surface area contributed by atoms with Crippen LogP contribution in [0.5, 0.6) is 0 Å². The highest BCUT2D eigenvalue weighted by Gasteiger charge is 2.29. The van der Waals surface area contributed by atoms with Crippen molar-refractivity contribution in [3.63, 3.8) is 0 Å². The second-order valence-corrected chi connectivity index (χ2v) is 4.21. The zero-order chi connectivity index (χ0) is 13.6. The molecule has 0 aliphatic carbocycles. The molecule has 0 saturated carbocycles. The van der Waals surface area contributed by atoms with Gasteiger partial charge in [-0.15, -0.1) is 6.42 Å². The van der Waals surface area contributed by atoms with Crippen LogP contribution in [0, 0.1) is 17.8 Å². The van der Waals surface area contributed by atoms with E-state index in [9.17, 15) is 4.39 Å². The fourth-order valence-electron chi connectivity index (χ4n) is 0.988. The first-order valence-corrected chi connectivity index (χ1v) is 5.47. The number of rotatable bonds is 4. The number of ether oxygens (including phenoxy) is 1. The standard InChI is InChI=1S/C13H21FN2O/c1-8-13(4,9-2)11(14)12(17-7)15-10(3)16(5)6/h1H,9H2,2-7H3/b12-11-,15-10+/t13-/m1/s1. The Balaban J connectivity index is 5.51. The van der Waals surface area contributed by atoms with Crippen molar-refractivity contribution >= 4 is 5.84 Å². The molecule has 0 heterocycles. The van der Waals surface area contributed by atoms with Gasteiger partial charge in [-0.25, -0.2) is 4.39 Å². The van der Waals surface area contributed by atoms with Crippen molar-refractivity contribution < 1.29 is 9.13 Å². The van der Waals surface area contributed by atoms with Crippen LogP contribution in [0.3, 0.4) is 0 Å². The van der Waals surface area contributed by atoms with E-state index in [0.29, 0.717) is 12.3 Å². The van der Waals surface area contributed by atoms with Crippen LogP contribution in [-0.2, 0) is 4.74 Å². The summed E-state index contributed by atoms with van der Waals surface area (Å²) < 4.78 is 19.2. The van der Waals surface area contributed by atoms with Crippen LogP contribution in [0.1, 0.15) is 27.2 Å². The highest BCUT2D eigenvalue weighted by atomic mass is 19.1. The molecule has 0 rings (SSSR count). The summed E-state index contributed by atoms with van der Waals surface area (Å²) in [7, 11) is 5.03. The molecule has 0 aromatic rings. The molecule has 0 unspecified atom stereocenters. The lowest BCUT2D eigenvalue weighted by Crippen LogP contribution is -2.20. The number of aliphatic imine (C=N–C) groups is 1. The number of halogens is 1. The van der Waals surface area contributed by atoms with E-state index in [1.54, 1.807) is 18.7 Å². The first-order valence-electron chi connectivity index (χ1n) is 5.47. The van der Waals surface area contributed by atoms with E-state index in [2.05, 4.69) is 10.9 Å². The molecule has 0 N–H and O–H groups in total. The Morgan fingerprint density at radius 1 is 1.53 bits per heavy atom. The van der Waals surface area contributed by atoms with E-state index in [1.165, 1.54) is 7.11 Å². The van der Waals surface area contributed by atoms with Crippen molar-refractivity contribution in [3.8, 4) is 12.3 Å². The first kappa shape index (κ1) is 15.5. The SMILES string of the molecule is C#C[C@](C)(CC)/C(F)=C(\N=C(/C)N(C)C)OC. The lowest BCUT2D eigenvalue weighted by atomic mass is 9.87. The fourth-order valence-corrected chi connectivity index (χ4v) is 0.988. The Morgan fingerprint density at radius 3 is 2.35 bits per heavy atom. The normalized spacial score (nSPS) is 16.7. The number of amidine groups is 1. The minimum Gasteiger partial charge on any atom is -0.479 e. The third-order valence-corrected chi connectivity index (χ3v) is 2.80. The van der Waals surface area contributed by atoms with Crippen molar-refractivity contribution in [2.75, 3.05) is 21.2 Å².